The molecule has 0 radical (unpaired) electrons. The van der Waals surface area contributed by atoms with Crippen LogP contribution in [-0.2, 0) is 9.59 Å². The number of piperidine rings is 1. The van der Waals surface area contributed by atoms with Crippen LogP contribution in [0.15, 0.2) is 0 Å². The fourth-order valence-electron chi connectivity index (χ4n) is 6.49. The van der Waals surface area contributed by atoms with Gasteiger partial charge in [-0.2, -0.15) is 0 Å². The quantitative estimate of drug-likeness (QED) is 0.759. The van der Waals surface area contributed by atoms with Crippen LogP contribution in [0.3, 0.4) is 0 Å². The van der Waals surface area contributed by atoms with Gasteiger partial charge in [-0.1, -0.05) is 32.6 Å². The predicted molar refractivity (Wildman–Crippen MR) is 102 cm³/mol. The Morgan fingerprint density at radius 3 is 2.27 bits per heavy atom. The van der Waals surface area contributed by atoms with E-state index < -0.39 is 0 Å². The van der Waals surface area contributed by atoms with E-state index in [-0.39, 0.29) is 17.4 Å². The van der Waals surface area contributed by atoms with E-state index in [1.165, 1.54) is 38.5 Å². The fourth-order valence-corrected chi connectivity index (χ4v) is 6.49. The second kappa shape index (κ2) is 7.14. The largest absolute Gasteiger partial charge is 0.336 e. The lowest BCUT2D eigenvalue weighted by Gasteiger charge is -2.46. The second-order valence-electron chi connectivity index (χ2n) is 9.34. The minimum atomic E-state index is 0.0829. The lowest BCUT2D eigenvalue weighted by molar-refractivity contribution is -0.140. The molecular weight excluding hydrogens is 326 g/mol. The highest BCUT2D eigenvalue weighted by Crippen LogP contribution is 2.53. The van der Waals surface area contributed by atoms with Crippen molar-refractivity contribution in [2.24, 2.45) is 5.41 Å². The molecule has 0 aromatic carbocycles. The summed E-state index contributed by atoms with van der Waals surface area (Å²) in [7, 11) is 0. The maximum atomic E-state index is 13.3. The van der Waals surface area contributed by atoms with E-state index in [1.807, 2.05) is 0 Å². The molecule has 2 amide bonds. The Kier molecular flexibility index (Phi) is 5.02. The number of hydrogen-bond donors (Lipinski definition) is 0. The van der Waals surface area contributed by atoms with E-state index in [4.69, 9.17) is 0 Å². The minimum absolute atomic E-state index is 0.0829. The third kappa shape index (κ3) is 3.06. The average molecular weight is 362 g/mol. The third-order valence-electron chi connectivity index (χ3n) is 7.66. The van der Waals surface area contributed by atoms with Crippen LogP contribution in [0.5, 0.6) is 0 Å². The number of amides is 2. The number of rotatable bonds is 2. The van der Waals surface area contributed by atoms with Crippen LogP contribution < -0.4 is 0 Å². The third-order valence-corrected chi connectivity index (χ3v) is 7.66. The van der Waals surface area contributed by atoms with Crippen LogP contribution in [0.2, 0.25) is 0 Å². The number of nitrogens with zero attached hydrogens (tertiary/aromatic N) is 3. The highest BCUT2D eigenvalue weighted by atomic mass is 16.2. The second-order valence-corrected chi connectivity index (χ2v) is 9.34. The van der Waals surface area contributed by atoms with Gasteiger partial charge >= 0.3 is 0 Å². The molecule has 3 saturated heterocycles. The zero-order chi connectivity index (χ0) is 18.3. The summed E-state index contributed by atoms with van der Waals surface area (Å²) in [6.07, 6.45) is 10.7. The molecule has 2 bridgehead atoms. The summed E-state index contributed by atoms with van der Waals surface area (Å²) in [5.41, 5.74) is 0.0829. The van der Waals surface area contributed by atoms with Gasteiger partial charge in [0.05, 0.1) is 12.6 Å². The van der Waals surface area contributed by atoms with Crippen LogP contribution in [-0.4, -0.2) is 70.8 Å². The molecule has 146 valence electrons. The summed E-state index contributed by atoms with van der Waals surface area (Å²) in [6, 6.07) is 0.869. The normalized spacial score (nSPS) is 38.0. The van der Waals surface area contributed by atoms with E-state index in [0.29, 0.717) is 24.5 Å². The van der Waals surface area contributed by atoms with Crippen molar-refractivity contribution in [3.63, 3.8) is 0 Å². The van der Waals surface area contributed by atoms with Crippen LogP contribution in [0.25, 0.3) is 0 Å². The molecule has 0 aromatic heterocycles. The zero-order valence-corrected chi connectivity index (χ0v) is 16.6. The minimum Gasteiger partial charge on any atom is -0.336 e. The highest BCUT2D eigenvalue weighted by Gasteiger charge is 2.60. The van der Waals surface area contributed by atoms with Crippen LogP contribution in [0.4, 0.5) is 0 Å². The van der Waals surface area contributed by atoms with Crippen molar-refractivity contribution in [2.45, 2.75) is 89.8 Å². The Morgan fingerprint density at radius 1 is 0.962 bits per heavy atom. The lowest BCUT2D eigenvalue weighted by Crippen LogP contribution is -2.57. The average Bonchev–Trinajstić information content (AvgIpc) is 2.82. The zero-order valence-electron chi connectivity index (χ0n) is 16.6. The first kappa shape index (κ1) is 18.3. The molecule has 5 nitrogen and oxygen atoms in total. The van der Waals surface area contributed by atoms with Crippen LogP contribution >= 0.6 is 0 Å². The molecule has 4 fully saturated rings. The summed E-state index contributed by atoms with van der Waals surface area (Å²) in [5, 5.41) is 0. The topological polar surface area (TPSA) is 43.9 Å². The number of carbonyl (C=O) groups excluding carboxylic acids is 2. The van der Waals surface area contributed by atoms with Crippen LogP contribution in [0.1, 0.15) is 71.6 Å². The maximum Gasteiger partial charge on any atom is 0.237 e. The molecule has 26 heavy (non-hydrogen) atoms. The molecule has 0 unspecified atom stereocenters. The molecule has 0 spiro atoms. The fraction of sp³-hybridized carbons (Fsp3) is 0.905. The molecule has 4 atom stereocenters. The summed E-state index contributed by atoms with van der Waals surface area (Å²) in [4.78, 5) is 32.4. The van der Waals surface area contributed by atoms with Crippen molar-refractivity contribution in [3.8, 4) is 0 Å². The molecule has 3 heterocycles. The molecule has 3 aliphatic heterocycles. The standard InChI is InChI=1S/C21H35N3O2/c1-16(25)24-17-13-21(2)18(9-5-6-10-19(21)24)23(14-17)20(26)15-22-11-7-3-4-8-12-22/h17-19H,3-15H2,1-2H3/t17-,18+,19-,21+/m0/s1. The Morgan fingerprint density at radius 2 is 1.62 bits per heavy atom. The van der Waals surface area contributed by atoms with Gasteiger partial charge in [-0.15, -0.1) is 0 Å². The van der Waals surface area contributed by atoms with Gasteiger partial charge in [-0.25, -0.2) is 0 Å². The molecule has 1 saturated carbocycles. The summed E-state index contributed by atoms with van der Waals surface area (Å²) < 4.78 is 0. The Balaban J connectivity index is 1.55. The van der Waals surface area contributed by atoms with Crippen LogP contribution in [0, 0.1) is 5.41 Å². The molecule has 4 rings (SSSR count). The van der Waals surface area contributed by atoms with Crippen molar-refractivity contribution in [1.82, 2.24) is 14.7 Å². The monoisotopic (exact) mass is 361 g/mol. The number of carbonyl (C=O) groups is 2. The Labute approximate surface area is 158 Å². The maximum absolute atomic E-state index is 13.3. The van der Waals surface area contributed by atoms with Gasteiger partial charge in [-0.3, -0.25) is 14.5 Å². The van der Waals surface area contributed by atoms with E-state index in [9.17, 15) is 9.59 Å². The summed E-state index contributed by atoms with van der Waals surface area (Å²) in [5.74, 6) is 0.505. The van der Waals surface area contributed by atoms with E-state index in [1.54, 1.807) is 6.92 Å². The lowest BCUT2D eigenvalue weighted by atomic mass is 9.71. The Hall–Kier alpha value is -1.10. The number of likely N-dealkylation sites (tertiary alicyclic amines) is 3. The van der Waals surface area contributed by atoms with Crippen molar-refractivity contribution in [1.29, 1.82) is 0 Å². The molecule has 1 aliphatic carbocycles. The smallest absolute Gasteiger partial charge is 0.237 e. The summed E-state index contributed by atoms with van der Waals surface area (Å²) >= 11 is 0. The molecule has 5 heteroatoms. The summed E-state index contributed by atoms with van der Waals surface area (Å²) in [6.45, 7) is 7.52. The van der Waals surface area contributed by atoms with Gasteiger partial charge in [-0.05, 0) is 45.2 Å². The molecule has 0 N–H and O–H groups in total. The van der Waals surface area contributed by atoms with Gasteiger partial charge in [0, 0.05) is 31.0 Å². The van der Waals surface area contributed by atoms with Gasteiger partial charge in [0.1, 0.15) is 0 Å². The molecule has 4 aliphatic rings. The molecule has 0 aromatic rings. The van der Waals surface area contributed by atoms with E-state index >= 15 is 0 Å². The van der Waals surface area contributed by atoms with Crippen molar-refractivity contribution in [3.05, 3.63) is 0 Å². The number of fused-ring (bicyclic) bond motifs is 1. The first-order chi connectivity index (χ1) is 12.5. The Bertz CT molecular complexity index is 557. The van der Waals surface area contributed by atoms with Gasteiger partial charge in [0.15, 0.2) is 0 Å². The molecular formula is C21H35N3O2. The highest BCUT2D eigenvalue weighted by molar-refractivity contribution is 5.80. The van der Waals surface area contributed by atoms with E-state index in [2.05, 4.69) is 21.6 Å². The van der Waals surface area contributed by atoms with Gasteiger partial charge < -0.3 is 9.80 Å². The van der Waals surface area contributed by atoms with Crippen molar-refractivity contribution in [2.75, 3.05) is 26.2 Å². The first-order valence-corrected chi connectivity index (χ1v) is 10.8. The van der Waals surface area contributed by atoms with E-state index in [0.717, 1.165) is 38.9 Å². The van der Waals surface area contributed by atoms with Crippen molar-refractivity contribution >= 4 is 11.8 Å². The predicted octanol–water partition coefficient (Wildman–Crippen LogP) is 2.64. The van der Waals surface area contributed by atoms with Gasteiger partial charge in [0.25, 0.3) is 0 Å². The SMILES string of the molecule is CC(=O)N1[C@@H]2CN(C(=O)CN3CCCCCC3)[C@@H]3CCCC[C@H]1[C@]3(C)C2. The number of hydrogen-bond acceptors (Lipinski definition) is 3. The van der Waals surface area contributed by atoms with Crippen molar-refractivity contribution < 1.29 is 9.59 Å². The first-order valence-electron chi connectivity index (χ1n) is 10.8. The van der Waals surface area contributed by atoms with Gasteiger partial charge in [0.2, 0.25) is 11.8 Å².